The number of carbonyl (C=O) groups excluding carboxylic acids is 1. The van der Waals surface area contributed by atoms with E-state index in [0.29, 0.717) is 21.8 Å². The van der Waals surface area contributed by atoms with E-state index in [1.54, 1.807) is 25.1 Å². The van der Waals surface area contributed by atoms with Gasteiger partial charge in [-0.2, -0.15) is 0 Å². The molecular weight excluding hydrogens is 360 g/mol. The van der Waals surface area contributed by atoms with Crippen LogP contribution >= 0.6 is 27.5 Å². The van der Waals surface area contributed by atoms with Crippen molar-refractivity contribution in [2.75, 3.05) is 5.32 Å². The Bertz CT molecular complexity index is 734. The zero-order chi connectivity index (χ0) is 15.6. The summed E-state index contributed by atoms with van der Waals surface area (Å²) in [5.74, 6) is -0.377. The first kappa shape index (κ1) is 15.5. The molecule has 0 saturated heterocycles. The Kier molecular flexibility index (Phi) is 4.59. The third kappa shape index (κ3) is 3.59. The molecule has 0 spiro atoms. The fraction of sp³-hybridized carbons (Fsp3) is 0.0714. The minimum absolute atomic E-state index is 0.0222. The minimum Gasteiger partial charge on any atom is -0.322 e. The van der Waals surface area contributed by atoms with Crippen LogP contribution in [0.1, 0.15) is 15.9 Å². The summed E-state index contributed by atoms with van der Waals surface area (Å²) in [5.41, 5.74) is 1.40. The van der Waals surface area contributed by atoms with Gasteiger partial charge in [-0.1, -0.05) is 27.5 Å². The van der Waals surface area contributed by atoms with Crippen molar-refractivity contribution in [1.82, 2.24) is 0 Å². The molecule has 0 radical (unpaired) electrons. The van der Waals surface area contributed by atoms with Crippen molar-refractivity contribution >= 4 is 44.8 Å². The standard InChI is InChI=1S/C14H10BrClN2O3/c1-8-6-10(18(20)21)3-5-13(8)17-14(19)11-7-9(15)2-4-12(11)16/h2-7H,1H3,(H,17,19). The molecule has 2 aromatic rings. The average Bonchev–Trinajstić information content (AvgIpc) is 2.43. The molecule has 2 aromatic carbocycles. The number of rotatable bonds is 3. The quantitative estimate of drug-likeness (QED) is 0.636. The number of aryl methyl sites for hydroxylation is 1. The normalized spacial score (nSPS) is 10.2. The zero-order valence-electron chi connectivity index (χ0n) is 10.9. The lowest BCUT2D eigenvalue weighted by Crippen LogP contribution is -2.13. The Morgan fingerprint density at radius 1 is 1.29 bits per heavy atom. The van der Waals surface area contributed by atoms with Crippen molar-refractivity contribution in [1.29, 1.82) is 0 Å². The van der Waals surface area contributed by atoms with E-state index >= 15 is 0 Å². The molecule has 0 aliphatic rings. The summed E-state index contributed by atoms with van der Waals surface area (Å²) < 4.78 is 0.734. The maximum atomic E-state index is 12.2. The lowest BCUT2D eigenvalue weighted by Gasteiger charge is -2.09. The van der Waals surface area contributed by atoms with Crippen molar-refractivity contribution in [3.63, 3.8) is 0 Å². The first-order chi connectivity index (χ1) is 9.88. The van der Waals surface area contributed by atoms with Crippen LogP contribution in [0.2, 0.25) is 5.02 Å². The fourth-order valence-corrected chi connectivity index (χ4v) is 2.33. The lowest BCUT2D eigenvalue weighted by molar-refractivity contribution is -0.384. The third-order valence-corrected chi connectivity index (χ3v) is 3.66. The van der Waals surface area contributed by atoms with Crippen molar-refractivity contribution in [2.24, 2.45) is 0 Å². The molecule has 5 nitrogen and oxygen atoms in total. The number of hydrogen-bond donors (Lipinski definition) is 1. The van der Waals surface area contributed by atoms with E-state index in [1.807, 2.05) is 0 Å². The molecule has 7 heteroatoms. The Morgan fingerprint density at radius 2 is 2.00 bits per heavy atom. The van der Waals surface area contributed by atoms with Gasteiger partial charge in [-0.05, 0) is 36.8 Å². The smallest absolute Gasteiger partial charge is 0.269 e. The number of anilines is 1. The van der Waals surface area contributed by atoms with Crippen molar-refractivity contribution in [2.45, 2.75) is 6.92 Å². The number of halogens is 2. The van der Waals surface area contributed by atoms with Crippen LogP contribution in [0.4, 0.5) is 11.4 Å². The van der Waals surface area contributed by atoms with Crippen LogP contribution in [0.15, 0.2) is 40.9 Å². The Hall–Kier alpha value is -1.92. The number of benzene rings is 2. The van der Waals surface area contributed by atoms with Gasteiger partial charge in [0.15, 0.2) is 0 Å². The van der Waals surface area contributed by atoms with Crippen LogP contribution in [0.3, 0.4) is 0 Å². The molecule has 0 aromatic heterocycles. The van der Waals surface area contributed by atoms with Crippen molar-refractivity contribution < 1.29 is 9.72 Å². The number of carbonyl (C=O) groups is 1. The topological polar surface area (TPSA) is 72.2 Å². The highest BCUT2D eigenvalue weighted by Gasteiger charge is 2.14. The van der Waals surface area contributed by atoms with Gasteiger partial charge in [-0.25, -0.2) is 0 Å². The second-order valence-electron chi connectivity index (χ2n) is 4.33. The number of nitrogens with zero attached hydrogens (tertiary/aromatic N) is 1. The van der Waals surface area contributed by atoms with Gasteiger partial charge in [-0.3, -0.25) is 14.9 Å². The van der Waals surface area contributed by atoms with E-state index < -0.39 is 4.92 Å². The summed E-state index contributed by atoms with van der Waals surface area (Å²) in [6, 6.07) is 9.19. The second-order valence-corrected chi connectivity index (χ2v) is 5.66. The van der Waals surface area contributed by atoms with Crippen LogP contribution < -0.4 is 5.32 Å². The van der Waals surface area contributed by atoms with Gasteiger partial charge in [0, 0.05) is 22.3 Å². The van der Waals surface area contributed by atoms with Gasteiger partial charge in [0.25, 0.3) is 11.6 Å². The maximum absolute atomic E-state index is 12.2. The fourth-order valence-electron chi connectivity index (χ4n) is 1.76. The van der Waals surface area contributed by atoms with E-state index in [1.165, 1.54) is 18.2 Å². The van der Waals surface area contributed by atoms with Gasteiger partial charge in [-0.15, -0.1) is 0 Å². The Labute approximate surface area is 134 Å². The maximum Gasteiger partial charge on any atom is 0.269 e. The summed E-state index contributed by atoms with van der Waals surface area (Å²) in [7, 11) is 0. The van der Waals surface area contributed by atoms with Crippen LogP contribution in [0, 0.1) is 17.0 Å². The van der Waals surface area contributed by atoms with E-state index in [-0.39, 0.29) is 11.6 Å². The number of nitrogens with one attached hydrogen (secondary N) is 1. The zero-order valence-corrected chi connectivity index (χ0v) is 13.2. The van der Waals surface area contributed by atoms with Crippen LogP contribution in [-0.2, 0) is 0 Å². The number of hydrogen-bond acceptors (Lipinski definition) is 3. The summed E-state index contributed by atoms with van der Waals surface area (Å²) >= 11 is 9.27. The Morgan fingerprint density at radius 3 is 2.62 bits per heavy atom. The lowest BCUT2D eigenvalue weighted by atomic mass is 10.1. The van der Waals surface area contributed by atoms with E-state index in [4.69, 9.17) is 11.6 Å². The SMILES string of the molecule is Cc1cc([N+](=O)[O-])ccc1NC(=O)c1cc(Br)ccc1Cl. The minimum atomic E-state index is -0.482. The van der Waals surface area contributed by atoms with Crippen molar-refractivity contribution in [3.8, 4) is 0 Å². The van der Waals surface area contributed by atoms with Crippen molar-refractivity contribution in [3.05, 3.63) is 67.1 Å². The number of nitro benzene ring substituents is 1. The predicted molar refractivity (Wildman–Crippen MR) is 84.9 cm³/mol. The molecule has 0 saturated carbocycles. The molecule has 0 bridgehead atoms. The molecule has 0 atom stereocenters. The summed E-state index contributed by atoms with van der Waals surface area (Å²) in [6.45, 7) is 1.69. The van der Waals surface area contributed by atoms with E-state index in [0.717, 1.165) is 4.47 Å². The number of amides is 1. The highest BCUT2D eigenvalue weighted by atomic mass is 79.9. The van der Waals surface area contributed by atoms with E-state index in [9.17, 15) is 14.9 Å². The second kappa shape index (κ2) is 6.24. The molecule has 1 N–H and O–H groups in total. The summed E-state index contributed by atoms with van der Waals surface area (Å²) in [4.78, 5) is 22.4. The van der Waals surface area contributed by atoms with Gasteiger partial charge < -0.3 is 5.32 Å². The average molecular weight is 370 g/mol. The van der Waals surface area contributed by atoms with Gasteiger partial charge in [0.05, 0.1) is 15.5 Å². The molecule has 2 rings (SSSR count). The molecule has 0 aliphatic heterocycles. The van der Waals surface area contributed by atoms with E-state index in [2.05, 4.69) is 21.2 Å². The molecule has 0 fully saturated rings. The van der Waals surface area contributed by atoms with Gasteiger partial charge in [0.2, 0.25) is 0 Å². The first-order valence-corrected chi connectivity index (χ1v) is 7.07. The summed E-state index contributed by atoms with van der Waals surface area (Å²) in [5, 5.41) is 13.7. The predicted octanol–water partition coefficient (Wildman–Crippen LogP) is 4.57. The first-order valence-electron chi connectivity index (χ1n) is 5.90. The third-order valence-electron chi connectivity index (χ3n) is 2.84. The van der Waals surface area contributed by atoms with Crippen LogP contribution in [0.5, 0.6) is 0 Å². The monoisotopic (exact) mass is 368 g/mol. The molecule has 0 unspecified atom stereocenters. The molecule has 1 amide bonds. The van der Waals surface area contributed by atoms with Crippen LogP contribution in [0.25, 0.3) is 0 Å². The molecule has 0 heterocycles. The summed E-state index contributed by atoms with van der Waals surface area (Å²) in [6.07, 6.45) is 0. The highest BCUT2D eigenvalue weighted by Crippen LogP contribution is 2.25. The number of nitro groups is 1. The van der Waals surface area contributed by atoms with Crippen LogP contribution in [-0.4, -0.2) is 10.8 Å². The van der Waals surface area contributed by atoms with Gasteiger partial charge >= 0.3 is 0 Å². The molecule has 21 heavy (non-hydrogen) atoms. The largest absolute Gasteiger partial charge is 0.322 e. The van der Waals surface area contributed by atoms with Gasteiger partial charge in [0.1, 0.15) is 0 Å². The highest BCUT2D eigenvalue weighted by molar-refractivity contribution is 9.10. The Balaban J connectivity index is 2.27. The molecular formula is C14H10BrClN2O3. The number of non-ortho nitro benzene ring substituents is 1. The molecule has 0 aliphatic carbocycles. The molecule has 108 valence electrons.